The zero-order valence-corrected chi connectivity index (χ0v) is 7.42. The maximum Gasteiger partial charge on any atom is 0.123 e. The summed E-state index contributed by atoms with van der Waals surface area (Å²) >= 11 is 2.93. The minimum atomic E-state index is 0.852. The summed E-state index contributed by atoms with van der Waals surface area (Å²) in [5.74, 6) is 1.02. The van der Waals surface area contributed by atoms with Gasteiger partial charge in [-0.05, 0) is 0 Å². The molecule has 1 rings (SSSR count). The van der Waals surface area contributed by atoms with E-state index in [0.717, 1.165) is 10.7 Å². The lowest BCUT2D eigenvalue weighted by Crippen LogP contribution is -2.10. The highest BCUT2D eigenvalue weighted by Crippen LogP contribution is 2.30. The smallest absolute Gasteiger partial charge is 0.107 e. The molecule has 1 fully saturated rings. The fourth-order valence-corrected chi connectivity index (χ4v) is 2.04. The molecule has 0 aromatic heterocycles. The van der Waals surface area contributed by atoms with Crippen molar-refractivity contribution in [3.05, 3.63) is 0 Å². The summed E-state index contributed by atoms with van der Waals surface area (Å²) in [6.45, 7) is 2.32. The number of rotatable bonds is 1. The van der Waals surface area contributed by atoms with Crippen LogP contribution < -0.4 is 0 Å². The molecule has 0 spiro atoms. The van der Waals surface area contributed by atoms with E-state index in [1.54, 1.807) is 0 Å². The third-order valence-corrected chi connectivity index (χ3v) is 2.94. The van der Waals surface area contributed by atoms with Crippen molar-refractivity contribution in [2.45, 2.75) is 43.8 Å². The van der Waals surface area contributed by atoms with Crippen LogP contribution in [0.3, 0.4) is 0 Å². The molecule has 0 nitrogen and oxygen atoms in total. The van der Waals surface area contributed by atoms with Crippen molar-refractivity contribution in [3.63, 3.8) is 0 Å². The van der Waals surface area contributed by atoms with Crippen LogP contribution in [0, 0.1) is 5.92 Å². The lowest BCUT2D eigenvalue weighted by molar-refractivity contribution is 0.350. The van der Waals surface area contributed by atoms with E-state index in [1.165, 1.54) is 32.1 Å². The molecule has 50 valence electrons. The van der Waals surface area contributed by atoms with Crippen LogP contribution in [0.5, 0.6) is 0 Å². The minimum Gasteiger partial charge on any atom is -0.107 e. The molecule has 1 saturated carbocycles. The molecule has 1 aliphatic rings. The lowest BCUT2D eigenvalue weighted by Gasteiger charge is -2.25. The lowest BCUT2D eigenvalue weighted by atomic mass is 9.87. The summed E-state index contributed by atoms with van der Waals surface area (Å²) in [6.07, 6.45) is 7.38. The molecule has 0 aliphatic heterocycles. The summed E-state index contributed by atoms with van der Waals surface area (Å²) < 4.78 is 0.852. The van der Waals surface area contributed by atoms with Gasteiger partial charge in [0.1, 0.15) is 16.3 Å². The molecule has 9 heavy (non-hydrogen) atoms. The Labute approximate surface area is 66.4 Å². The summed E-state index contributed by atoms with van der Waals surface area (Å²) in [6, 6.07) is 0. The molecule has 0 saturated heterocycles. The van der Waals surface area contributed by atoms with Gasteiger partial charge in [0.05, 0.1) is 0 Å². The standard InChI is InChI=1S/C8H15.Al/c1-2-8-6-4-3-5-7-8;/h2,8H,3-7H2,1H3;. The average molecular weight is 138 g/mol. The zero-order chi connectivity index (χ0) is 6.69. The molecule has 1 heteroatoms. The van der Waals surface area contributed by atoms with Gasteiger partial charge in [0.2, 0.25) is 0 Å². The molecule has 1 aliphatic carbocycles. The van der Waals surface area contributed by atoms with Crippen LogP contribution in [0.15, 0.2) is 0 Å². The molecular formula is C8H15Al. The Morgan fingerprint density at radius 1 is 1.22 bits per heavy atom. The van der Waals surface area contributed by atoms with Crippen molar-refractivity contribution in [1.82, 2.24) is 0 Å². The Hall–Kier alpha value is 0.532. The van der Waals surface area contributed by atoms with Crippen LogP contribution in [-0.4, -0.2) is 16.3 Å². The van der Waals surface area contributed by atoms with E-state index >= 15 is 0 Å². The van der Waals surface area contributed by atoms with Gasteiger partial charge in [-0.2, -0.15) is 0 Å². The van der Waals surface area contributed by atoms with Gasteiger partial charge in [0, 0.05) is 0 Å². The Kier molecular flexibility index (Phi) is 3.09. The van der Waals surface area contributed by atoms with Gasteiger partial charge in [-0.25, -0.2) is 0 Å². The maximum absolute atomic E-state index is 2.93. The van der Waals surface area contributed by atoms with Gasteiger partial charge in [0.15, 0.2) is 0 Å². The molecular weight excluding hydrogens is 123 g/mol. The van der Waals surface area contributed by atoms with Gasteiger partial charge < -0.3 is 0 Å². The first-order valence-corrected chi connectivity index (χ1v) is 4.73. The highest BCUT2D eigenvalue weighted by molar-refractivity contribution is 6.11. The molecule has 0 amide bonds. The molecule has 0 N–H and O–H groups in total. The molecule has 0 heterocycles. The van der Waals surface area contributed by atoms with E-state index in [9.17, 15) is 0 Å². The van der Waals surface area contributed by atoms with Crippen molar-refractivity contribution >= 4 is 16.3 Å². The highest BCUT2D eigenvalue weighted by Gasteiger charge is 2.14. The van der Waals surface area contributed by atoms with E-state index in [2.05, 4.69) is 23.2 Å². The second-order valence-corrected chi connectivity index (χ2v) is 4.31. The molecule has 1 atom stereocenters. The van der Waals surface area contributed by atoms with Gasteiger partial charge in [-0.15, -0.1) is 4.78 Å². The predicted molar refractivity (Wildman–Crippen MR) is 41.8 cm³/mol. The van der Waals surface area contributed by atoms with E-state index < -0.39 is 0 Å². The van der Waals surface area contributed by atoms with Gasteiger partial charge >= 0.3 is 0 Å². The van der Waals surface area contributed by atoms with Crippen LogP contribution in [-0.2, 0) is 0 Å². The van der Waals surface area contributed by atoms with Crippen LogP contribution in [0.1, 0.15) is 39.0 Å². The van der Waals surface area contributed by atoms with Gasteiger partial charge in [0.25, 0.3) is 0 Å². The van der Waals surface area contributed by atoms with Crippen molar-refractivity contribution in [3.8, 4) is 0 Å². The predicted octanol–water partition coefficient (Wildman–Crippen LogP) is 2.54. The average Bonchev–Trinajstić information content (AvgIpc) is 1.90. The van der Waals surface area contributed by atoms with Crippen molar-refractivity contribution in [2.24, 2.45) is 5.92 Å². The molecule has 0 bridgehead atoms. The fourth-order valence-electron chi connectivity index (χ4n) is 1.66. The quantitative estimate of drug-likeness (QED) is 0.488. The topological polar surface area (TPSA) is 0 Å². The Bertz CT molecular complexity index is 72.6. The second kappa shape index (κ2) is 3.64. The number of hydrogen-bond donors (Lipinski definition) is 0. The van der Waals surface area contributed by atoms with E-state index in [-0.39, 0.29) is 0 Å². The Morgan fingerprint density at radius 2 is 1.78 bits per heavy atom. The molecule has 0 aromatic carbocycles. The number of hydrogen-bond acceptors (Lipinski definition) is 0. The molecule has 1 unspecified atom stereocenters. The van der Waals surface area contributed by atoms with Crippen LogP contribution in [0.2, 0.25) is 4.78 Å². The highest BCUT2D eigenvalue weighted by atomic mass is 27.0. The molecule has 2 radical (unpaired) electrons. The third-order valence-electron chi connectivity index (χ3n) is 2.39. The molecule has 0 aromatic rings. The van der Waals surface area contributed by atoms with Crippen molar-refractivity contribution in [2.75, 3.05) is 0 Å². The van der Waals surface area contributed by atoms with E-state index in [0.29, 0.717) is 0 Å². The van der Waals surface area contributed by atoms with Gasteiger partial charge in [-0.3, -0.25) is 0 Å². The minimum absolute atomic E-state index is 0.852. The third kappa shape index (κ3) is 2.32. The normalized spacial score (nSPS) is 25.9. The second-order valence-electron chi connectivity index (χ2n) is 3.26. The van der Waals surface area contributed by atoms with Crippen LogP contribution in [0.25, 0.3) is 0 Å². The maximum atomic E-state index is 2.93. The summed E-state index contributed by atoms with van der Waals surface area (Å²) in [4.78, 5) is 0. The first-order valence-electron chi connectivity index (χ1n) is 4.06. The van der Waals surface area contributed by atoms with E-state index in [4.69, 9.17) is 0 Å². The van der Waals surface area contributed by atoms with Crippen LogP contribution in [0.4, 0.5) is 0 Å². The monoisotopic (exact) mass is 138 g/mol. The van der Waals surface area contributed by atoms with Crippen LogP contribution >= 0.6 is 0 Å². The van der Waals surface area contributed by atoms with Gasteiger partial charge in [-0.1, -0.05) is 44.9 Å². The Morgan fingerprint density at radius 3 is 2.11 bits per heavy atom. The zero-order valence-electron chi connectivity index (χ0n) is 6.27. The summed E-state index contributed by atoms with van der Waals surface area (Å²) in [7, 11) is 0. The Balaban J connectivity index is 2.23. The summed E-state index contributed by atoms with van der Waals surface area (Å²) in [5, 5.41) is 0. The first-order chi connectivity index (χ1) is 4.30. The summed E-state index contributed by atoms with van der Waals surface area (Å²) in [5.41, 5.74) is 0. The first kappa shape index (κ1) is 7.64. The van der Waals surface area contributed by atoms with Crippen molar-refractivity contribution in [1.29, 1.82) is 0 Å². The van der Waals surface area contributed by atoms with E-state index in [1.807, 2.05) is 0 Å². The van der Waals surface area contributed by atoms with Crippen molar-refractivity contribution < 1.29 is 0 Å². The largest absolute Gasteiger partial charge is 0.123 e. The fraction of sp³-hybridized carbons (Fsp3) is 1.00. The SMILES string of the molecule is C[CH]([Al])C1CCCCC1.